The number of carbonyl (C=O) groups is 1. The molecule has 0 saturated carbocycles. The first-order valence-electron chi connectivity index (χ1n) is 7.79. The summed E-state index contributed by atoms with van der Waals surface area (Å²) in [6.45, 7) is 4.09. The number of nitrogens with zero attached hydrogens (tertiary/aromatic N) is 1. The summed E-state index contributed by atoms with van der Waals surface area (Å²) in [5.74, 6) is 0.117. The van der Waals surface area contributed by atoms with Gasteiger partial charge in [-0.15, -0.1) is 12.4 Å². The first kappa shape index (κ1) is 18.0. The Morgan fingerprint density at radius 1 is 1.24 bits per heavy atom. The summed E-state index contributed by atoms with van der Waals surface area (Å²) in [7, 11) is 2.08. The number of anilines is 1. The number of rotatable bonds is 7. The Hall–Kier alpha value is -1.06. The third kappa shape index (κ3) is 5.68. The van der Waals surface area contributed by atoms with Crippen LogP contribution in [0.3, 0.4) is 0 Å². The van der Waals surface area contributed by atoms with Crippen LogP contribution >= 0.6 is 12.4 Å². The van der Waals surface area contributed by atoms with Crippen LogP contribution in [0.25, 0.3) is 0 Å². The van der Waals surface area contributed by atoms with Gasteiger partial charge < -0.3 is 10.2 Å². The highest BCUT2D eigenvalue weighted by atomic mass is 35.5. The van der Waals surface area contributed by atoms with E-state index in [9.17, 15) is 4.79 Å². The largest absolute Gasteiger partial charge is 0.326 e. The highest BCUT2D eigenvalue weighted by Gasteiger charge is 2.12. The zero-order valence-corrected chi connectivity index (χ0v) is 14.0. The van der Waals surface area contributed by atoms with E-state index in [4.69, 9.17) is 0 Å². The van der Waals surface area contributed by atoms with Crippen LogP contribution in [0.1, 0.15) is 43.7 Å². The molecule has 1 aromatic rings. The summed E-state index contributed by atoms with van der Waals surface area (Å²) >= 11 is 0. The lowest BCUT2D eigenvalue weighted by Crippen LogP contribution is -2.25. The maximum atomic E-state index is 12.0. The fourth-order valence-corrected chi connectivity index (χ4v) is 2.71. The van der Waals surface area contributed by atoms with Crippen LogP contribution < -0.4 is 5.32 Å². The molecule has 118 valence electrons. The molecule has 4 heteroatoms. The highest BCUT2D eigenvalue weighted by molar-refractivity contribution is 5.91. The lowest BCUT2D eigenvalue weighted by atomic mass is 10.1. The second-order valence-corrected chi connectivity index (χ2v) is 5.79. The Kier molecular flexibility index (Phi) is 7.76. The molecule has 1 N–H and O–H groups in total. The zero-order valence-electron chi connectivity index (χ0n) is 13.2. The van der Waals surface area contributed by atoms with Crippen molar-refractivity contribution in [3.63, 3.8) is 0 Å². The van der Waals surface area contributed by atoms with Gasteiger partial charge in [-0.3, -0.25) is 4.79 Å². The molecule has 2 rings (SSSR count). The van der Waals surface area contributed by atoms with Crippen molar-refractivity contribution in [2.45, 2.75) is 45.4 Å². The van der Waals surface area contributed by atoms with E-state index < -0.39 is 0 Å². The van der Waals surface area contributed by atoms with Crippen LogP contribution in [0.5, 0.6) is 0 Å². The number of nitrogens with one attached hydrogen (secondary N) is 1. The quantitative estimate of drug-likeness (QED) is 0.833. The summed E-state index contributed by atoms with van der Waals surface area (Å²) in [5, 5.41) is 3.02. The van der Waals surface area contributed by atoms with Crippen molar-refractivity contribution in [3.05, 3.63) is 29.3 Å². The lowest BCUT2D eigenvalue weighted by Gasteiger charge is -2.15. The summed E-state index contributed by atoms with van der Waals surface area (Å²) in [6.07, 6.45) is 6.55. The average molecular weight is 311 g/mol. The van der Waals surface area contributed by atoms with Crippen molar-refractivity contribution < 1.29 is 4.79 Å². The van der Waals surface area contributed by atoms with Gasteiger partial charge in [0.05, 0.1) is 0 Å². The molecule has 3 nitrogen and oxygen atoms in total. The molecule has 1 aromatic carbocycles. The van der Waals surface area contributed by atoms with Crippen molar-refractivity contribution in [3.8, 4) is 0 Å². The van der Waals surface area contributed by atoms with Crippen LogP contribution in [-0.2, 0) is 17.6 Å². The van der Waals surface area contributed by atoms with E-state index >= 15 is 0 Å². The van der Waals surface area contributed by atoms with E-state index in [1.54, 1.807) is 0 Å². The smallest absolute Gasteiger partial charge is 0.225 e. The number of fused-ring (bicyclic) bond motifs is 1. The molecule has 0 saturated heterocycles. The van der Waals surface area contributed by atoms with E-state index in [0.717, 1.165) is 25.2 Å². The third-order valence-electron chi connectivity index (χ3n) is 4.00. The van der Waals surface area contributed by atoms with Crippen LogP contribution in [0.2, 0.25) is 0 Å². The van der Waals surface area contributed by atoms with Crippen molar-refractivity contribution in [2.24, 2.45) is 0 Å². The summed E-state index contributed by atoms with van der Waals surface area (Å²) < 4.78 is 0. The molecule has 1 aliphatic carbocycles. The second kappa shape index (κ2) is 9.06. The van der Waals surface area contributed by atoms with Gasteiger partial charge in [0.25, 0.3) is 0 Å². The Morgan fingerprint density at radius 3 is 2.76 bits per heavy atom. The van der Waals surface area contributed by atoms with Gasteiger partial charge in [0, 0.05) is 18.7 Å². The minimum Gasteiger partial charge on any atom is -0.326 e. The molecule has 21 heavy (non-hydrogen) atoms. The maximum Gasteiger partial charge on any atom is 0.225 e. The fraction of sp³-hybridized carbons (Fsp3) is 0.588. The van der Waals surface area contributed by atoms with E-state index in [1.165, 1.54) is 36.8 Å². The topological polar surface area (TPSA) is 32.3 Å². The van der Waals surface area contributed by atoms with Gasteiger partial charge in [0.1, 0.15) is 0 Å². The lowest BCUT2D eigenvalue weighted by molar-refractivity contribution is -0.116. The molecule has 0 fully saturated rings. The predicted octanol–water partition coefficient (Wildman–Crippen LogP) is 3.66. The molecule has 1 aliphatic rings. The molecule has 0 radical (unpaired) electrons. The molecular formula is C17H27ClN2O. The van der Waals surface area contributed by atoms with E-state index in [0.29, 0.717) is 6.42 Å². The van der Waals surface area contributed by atoms with Gasteiger partial charge in [-0.1, -0.05) is 19.4 Å². The first-order valence-corrected chi connectivity index (χ1v) is 7.79. The summed E-state index contributed by atoms with van der Waals surface area (Å²) in [4.78, 5) is 14.2. The maximum absolute atomic E-state index is 12.0. The molecule has 0 bridgehead atoms. The van der Waals surface area contributed by atoms with E-state index in [2.05, 4.69) is 36.3 Å². The second-order valence-electron chi connectivity index (χ2n) is 5.79. The number of carbonyl (C=O) groups excluding carboxylic acids is 1. The molecule has 0 aromatic heterocycles. The zero-order chi connectivity index (χ0) is 14.4. The molecule has 1 amide bonds. The van der Waals surface area contributed by atoms with Crippen molar-refractivity contribution in [1.82, 2.24) is 4.90 Å². The van der Waals surface area contributed by atoms with Gasteiger partial charge in [-0.25, -0.2) is 0 Å². The van der Waals surface area contributed by atoms with Gasteiger partial charge in [0.2, 0.25) is 5.91 Å². The van der Waals surface area contributed by atoms with Crippen LogP contribution in [0, 0.1) is 0 Å². The number of hydrogen-bond donors (Lipinski definition) is 1. The predicted molar refractivity (Wildman–Crippen MR) is 91.4 cm³/mol. The normalized spacial score (nSPS) is 12.9. The molecular weight excluding hydrogens is 284 g/mol. The SMILES string of the molecule is CCCCN(C)CCC(=O)Nc1ccc2c(c1)CCC2.Cl. The van der Waals surface area contributed by atoms with Crippen molar-refractivity contribution >= 4 is 24.0 Å². The van der Waals surface area contributed by atoms with Crippen LogP contribution in [0.4, 0.5) is 5.69 Å². The third-order valence-corrected chi connectivity index (χ3v) is 4.00. The van der Waals surface area contributed by atoms with Crippen molar-refractivity contribution in [2.75, 3.05) is 25.5 Å². The number of benzene rings is 1. The van der Waals surface area contributed by atoms with Gasteiger partial charge in [-0.2, -0.15) is 0 Å². The minimum absolute atomic E-state index is 0. The molecule has 0 heterocycles. The molecule has 0 spiro atoms. The Bertz CT molecular complexity index is 462. The highest BCUT2D eigenvalue weighted by Crippen LogP contribution is 2.24. The first-order chi connectivity index (χ1) is 9.69. The van der Waals surface area contributed by atoms with E-state index in [-0.39, 0.29) is 18.3 Å². The van der Waals surface area contributed by atoms with Gasteiger partial charge in [-0.05, 0) is 62.5 Å². The monoisotopic (exact) mass is 310 g/mol. The molecule has 0 aliphatic heterocycles. The number of aryl methyl sites for hydroxylation is 2. The number of amides is 1. The number of hydrogen-bond acceptors (Lipinski definition) is 2. The fourth-order valence-electron chi connectivity index (χ4n) is 2.71. The Labute approximate surface area is 134 Å². The van der Waals surface area contributed by atoms with E-state index in [1.807, 2.05) is 6.07 Å². The number of unbranched alkanes of at least 4 members (excludes halogenated alkanes) is 1. The number of halogens is 1. The van der Waals surface area contributed by atoms with Crippen LogP contribution in [-0.4, -0.2) is 30.9 Å². The Balaban J connectivity index is 0.00000220. The standard InChI is InChI=1S/C17H26N2O.ClH/c1-3-4-11-19(2)12-10-17(20)18-16-9-8-14-6-5-7-15(14)13-16;/h8-9,13H,3-7,10-12H2,1-2H3,(H,18,20);1H. The summed E-state index contributed by atoms with van der Waals surface area (Å²) in [5.41, 5.74) is 3.80. The molecule has 0 unspecified atom stereocenters. The van der Waals surface area contributed by atoms with Crippen molar-refractivity contribution in [1.29, 1.82) is 0 Å². The van der Waals surface area contributed by atoms with Gasteiger partial charge in [0.15, 0.2) is 0 Å². The summed E-state index contributed by atoms with van der Waals surface area (Å²) in [6, 6.07) is 6.33. The molecule has 0 atom stereocenters. The Morgan fingerprint density at radius 2 is 2.00 bits per heavy atom. The van der Waals surface area contributed by atoms with Crippen LogP contribution in [0.15, 0.2) is 18.2 Å². The minimum atomic E-state index is 0. The average Bonchev–Trinajstić information content (AvgIpc) is 2.90. The van der Waals surface area contributed by atoms with Gasteiger partial charge >= 0.3 is 0 Å².